The molecule has 4 aromatic rings. The minimum atomic E-state index is -0.278. The molecule has 1 aliphatic rings. The second kappa shape index (κ2) is 10.5. The van der Waals surface area contributed by atoms with Gasteiger partial charge < -0.3 is 14.6 Å². The molecule has 3 aromatic carbocycles. The van der Waals surface area contributed by atoms with Gasteiger partial charge in [-0.1, -0.05) is 48.5 Å². The van der Waals surface area contributed by atoms with Gasteiger partial charge >= 0.3 is 0 Å². The Morgan fingerprint density at radius 1 is 1.16 bits per heavy atom. The lowest BCUT2D eigenvalue weighted by molar-refractivity contribution is 0.0842. The average Bonchev–Trinajstić information content (AvgIpc) is 3.39. The van der Waals surface area contributed by atoms with Crippen LogP contribution in [0.25, 0.3) is 11.8 Å². The van der Waals surface area contributed by atoms with Crippen molar-refractivity contribution in [1.82, 2.24) is 15.0 Å². The van der Waals surface area contributed by atoms with E-state index < -0.39 is 0 Å². The second-order valence-electron chi connectivity index (χ2n) is 10.0. The number of para-hydroxylation sites is 1. The first-order valence-corrected chi connectivity index (χ1v) is 12.8. The summed E-state index contributed by atoms with van der Waals surface area (Å²) in [6.07, 6.45) is 7.64. The summed E-state index contributed by atoms with van der Waals surface area (Å²) in [7, 11) is 0. The van der Waals surface area contributed by atoms with Crippen LogP contribution in [0.4, 0.5) is 0 Å². The van der Waals surface area contributed by atoms with Gasteiger partial charge in [0.25, 0.3) is 0 Å². The molecule has 1 aromatic heterocycles. The number of carbonyl (C=O) groups excluding carboxylic acids is 1. The van der Waals surface area contributed by atoms with E-state index in [1.165, 1.54) is 11.6 Å². The summed E-state index contributed by atoms with van der Waals surface area (Å²) in [4.78, 5) is 12.8. The molecule has 0 unspecified atom stereocenters. The molecule has 1 aliphatic heterocycles. The SMILES string of the molecule is CCc1ccccc1-n1cc(COc2ccc(/C=C/C(=O)c3cc4c(cc3O)OC(C)(C)CC4)cc2)nn1. The lowest BCUT2D eigenvalue weighted by Gasteiger charge is -2.32. The highest BCUT2D eigenvalue weighted by molar-refractivity contribution is 6.08. The lowest BCUT2D eigenvalue weighted by atomic mass is 9.92. The number of hydrogen-bond acceptors (Lipinski definition) is 6. The maximum Gasteiger partial charge on any atom is 0.189 e. The minimum Gasteiger partial charge on any atom is -0.507 e. The minimum absolute atomic E-state index is 0.0741. The molecule has 2 heterocycles. The van der Waals surface area contributed by atoms with E-state index in [-0.39, 0.29) is 22.7 Å². The van der Waals surface area contributed by atoms with Crippen LogP contribution in [-0.2, 0) is 19.4 Å². The summed E-state index contributed by atoms with van der Waals surface area (Å²) in [5, 5.41) is 18.9. The van der Waals surface area contributed by atoms with Crippen LogP contribution >= 0.6 is 0 Å². The lowest BCUT2D eigenvalue weighted by Crippen LogP contribution is -2.32. The summed E-state index contributed by atoms with van der Waals surface area (Å²) < 4.78 is 13.6. The van der Waals surface area contributed by atoms with Crippen molar-refractivity contribution in [2.75, 3.05) is 0 Å². The molecule has 7 nitrogen and oxygen atoms in total. The van der Waals surface area contributed by atoms with Gasteiger partial charge in [-0.25, -0.2) is 4.68 Å². The van der Waals surface area contributed by atoms with Crippen LogP contribution in [0.3, 0.4) is 0 Å². The number of benzene rings is 3. The smallest absolute Gasteiger partial charge is 0.189 e. The van der Waals surface area contributed by atoms with E-state index in [2.05, 4.69) is 23.3 Å². The van der Waals surface area contributed by atoms with Crippen LogP contribution in [0.15, 0.2) is 72.9 Å². The quantitative estimate of drug-likeness (QED) is 0.228. The Kier molecular flexibility index (Phi) is 7.01. The Hall–Kier alpha value is -4.39. The van der Waals surface area contributed by atoms with Gasteiger partial charge in [0.15, 0.2) is 5.78 Å². The third kappa shape index (κ3) is 5.62. The predicted octanol–water partition coefficient (Wildman–Crippen LogP) is 6.11. The van der Waals surface area contributed by atoms with E-state index in [9.17, 15) is 9.90 Å². The van der Waals surface area contributed by atoms with Crippen LogP contribution < -0.4 is 9.47 Å². The number of fused-ring (bicyclic) bond motifs is 1. The van der Waals surface area contributed by atoms with E-state index in [1.807, 2.05) is 62.5 Å². The Balaban J connectivity index is 1.20. The Morgan fingerprint density at radius 2 is 1.95 bits per heavy atom. The first-order chi connectivity index (χ1) is 18.3. The highest BCUT2D eigenvalue weighted by Gasteiger charge is 2.28. The monoisotopic (exact) mass is 509 g/mol. The first-order valence-electron chi connectivity index (χ1n) is 12.8. The molecule has 0 bridgehead atoms. The van der Waals surface area contributed by atoms with E-state index in [0.29, 0.717) is 18.1 Å². The van der Waals surface area contributed by atoms with Gasteiger partial charge in [-0.2, -0.15) is 0 Å². The van der Waals surface area contributed by atoms with Gasteiger partial charge in [0, 0.05) is 6.07 Å². The Bertz CT molecular complexity index is 1490. The number of aromatic hydroxyl groups is 1. The third-order valence-electron chi connectivity index (χ3n) is 6.68. The zero-order valence-electron chi connectivity index (χ0n) is 21.8. The molecule has 0 amide bonds. The number of phenols is 1. The summed E-state index contributed by atoms with van der Waals surface area (Å²) in [6, 6.07) is 18.8. The van der Waals surface area contributed by atoms with Crippen molar-refractivity contribution in [3.8, 4) is 22.9 Å². The topological polar surface area (TPSA) is 86.5 Å². The van der Waals surface area contributed by atoms with Crippen LogP contribution in [0, 0.1) is 0 Å². The van der Waals surface area contributed by atoms with Crippen LogP contribution in [-0.4, -0.2) is 31.5 Å². The van der Waals surface area contributed by atoms with Crippen LogP contribution in [0.2, 0.25) is 0 Å². The van der Waals surface area contributed by atoms with E-state index >= 15 is 0 Å². The zero-order valence-corrected chi connectivity index (χ0v) is 21.8. The van der Waals surface area contributed by atoms with Crippen molar-refractivity contribution in [2.45, 2.75) is 52.2 Å². The molecule has 0 spiro atoms. The predicted molar refractivity (Wildman–Crippen MR) is 146 cm³/mol. The molecule has 5 rings (SSSR count). The van der Waals surface area contributed by atoms with Crippen molar-refractivity contribution in [1.29, 1.82) is 0 Å². The fourth-order valence-corrected chi connectivity index (χ4v) is 4.50. The molecule has 0 fully saturated rings. The fourth-order valence-electron chi connectivity index (χ4n) is 4.50. The summed E-state index contributed by atoms with van der Waals surface area (Å²) in [6.45, 7) is 6.44. The van der Waals surface area contributed by atoms with Crippen molar-refractivity contribution in [3.63, 3.8) is 0 Å². The summed E-state index contributed by atoms with van der Waals surface area (Å²) in [5.74, 6) is 0.994. The molecular weight excluding hydrogens is 478 g/mol. The number of aromatic nitrogens is 3. The number of aryl methyl sites for hydroxylation is 2. The largest absolute Gasteiger partial charge is 0.507 e. The average molecular weight is 510 g/mol. The van der Waals surface area contributed by atoms with Crippen molar-refractivity contribution in [3.05, 3.63) is 101 Å². The maximum absolute atomic E-state index is 12.8. The number of ketones is 1. The molecular formula is C31H31N3O4. The molecule has 7 heteroatoms. The molecule has 1 N–H and O–H groups in total. The van der Waals surface area contributed by atoms with Gasteiger partial charge in [-0.3, -0.25) is 4.79 Å². The van der Waals surface area contributed by atoms with Gasteiger partial charge in [-0.05, 0) is 80.1 Å². The van der Waals surface area contributed by atoms with Crippen molar-refractivity contribution >= 4 is 11.9 Å². The summed E-state index contributed by atoms with van der Waals surface area (Å²) in [5.41, 5.74) is 4.72. The molecule has 38 heavy (non-hydrogen) atoms. The van der Waals surface area contributed by atoms with E-state index in [0.717, 1.165) is 41.8 Å². The number of hydrogen-bond donors (Lipinski definition) is 1. The van der Waals surface area contributed by atoms with E-state index in [4.69, 9.17) is 9.47 Å². The molecule has 0 aliphatic carbocycles. The molecule has 194 valence electrons. The van der Waals surface area contributed by atoms with Crippen LogP contribution in [0.5, 0.6) is 17.2 Å². The van der Waals surface area contributed by atoms with Crippen LogP contribution in [0.1, 0.15) is 59.9 Å². The number of rotatable bonds is 8. The maximum atomic E-state index is 12.8. The fraction of sp³-hybridized carbons (Fsp3) is 0.258. The number of ether oxygens (including phenoxy) is 2. The number of allylic oxidation sites excluding steroid dienone is 1. The second-order valence-corrected chi connectivity index (χ2v) is 10.0. The molecule has 0 saturated carbocycles. The molecule has 0 radical (unpaired) electrons. The first kappa shape index (κ1) is 25.3. The number of carbonyl (C=O) groups is 1. The third-order valence-corrected chi connectivity index (χ3v) is 6.68. The number of phenolic OH excluding ortho intramolecular Hbond substituents is 1. The van der Waals surface area contributed by atoms with Gasteiger partial charge in [0.2, 0.25) is 0 Å². The number of nitrogens with zero attached hydrogens (tertiary/aromatic N) is 3. The van der Waals surface area contributed by atoms with Gasteiger partial charge in [0.05, 0.1) is 17.4 Å². The Morgan fingerprint density at radius 3 is 2.74 bits per heavy atom. The van der Waals surface area contributed by atoms with E-state index in [1.54, 1.807) is 22.9 Å². The van der Waals surface area contributed by atoms with Gasteiger partial charge in [-0.15, -0.1) is 5.10 Å². The zero-order chi connectivity index (χ0) is 26.7. The van der Waals surface area contributed by atoms with Crippen molar-refractivity contribution < 1.29 is 19.4 Å². The van der Waals surface area contributed by atoms with Gasteiger partial charge in [0.1, 0.15) is 35.2 Å². The highest BCUT2D eigenvalue weighted by atomic mass is 16.5. The molecule has 0 saturated heterocycles. The molecule has 0 atom stereocenters. The Labute approximate surface area is 222 Å². The highest BCUT2D eigenvalue weighted by Crippen LogP contribution is 2.37. The summed E-state index contributed by atoms with van der Waals surface area (Å²) >= 11 is 0. The standard InChI is InChI=1S/C31H31N3O4/c1-4-22-7-5-6-8-27(22)34-19-24(32-33-34)20-37-25-12-9-21(10-13-25)11-14-28(35)26-17-23-15-16-31(2,3)38-30(23)18-29(26)36/h5-14,17-19,36H,4,15-16,20H2,1-3H3/b14-11+. The normalized spacial score (nSPS) is 14.2. The van der Waals surface area contributed by atoms with Crippen molar-refractivity contribution in [2.24, 2.45) is 0 Å².